The first-order valence-electron chi connectivity index (χ1n) is 7.30. The second kappa shape index (κ2) is 6.42. The van der Waals surface area contributed by atoms with Crippen molar-refractivity contribution in [1.29, 1.82) is 0 Å². The van der Waals surface area contributed by atoms with Gasteiger partial charge >= 0.3 is 0 Å². The monoisotopic (exact) mass is 352 g/mol. The van der Waals surface area contributed by atoms with Gasteiger partial charge in [0.25, 0.3) is 5.91 Å². The molecule has 1 unspecified atom stereocenters. The van der Waals surface area contributed by atoms with Crippen molar-refractivity contribution in [1.82, 2.24) is 5.32 Å². The number of thiophene rings is 1. The van der Waals surface area contributed by atoms with E-state index in [0.29, 0.717) is 12.1 Å². The van der Waals surface area contributed by atoms with Crippen LogP contribution in [-0.4, -0.2) is 11.5 Å². The number of fused-ring (bicyclic) bond motifs is 1. The molecule has 1 amide bonds. The van der Waals surface area contributed by atoms with E-state index in [2.05, 4.69) is 5.32 Å². The number of ether oxygens (including phenoxy) is 1. The van der Waals surface area contributed by atoms with Crippen molar-refractivity contribution >= 4 is 35.3 Å². The molecule has 124 valence electrons. The Morgan fingerprint density at radius 1 is 1.35 bits per heavy atom. The minimum Gasteiger partial charge on any atom is -0.487 e. The van der Waals surface area contributed by atoms with E-state index in [1.165, 1.54) is 11.3 Å². The number of amides is 1. The molecule has 0 bridgehead atoms. The molecule has 4 nitrogen and oxygen atoms in total. The summed E-state index contributed by atoms with van der Waals surface area (Å²) in [5, 5.41) is 3.12. The van der Waals surface area contributed by atoms with Crippen molar-refractivity contribution in [2.75, 3.05) is 5.73 Å². The van der Waals surface area contributed by atoms with Crippen LogP contribution in [-0.2, 0) is 0 Å². The third-order valence-electron chi connectivity index (χ3n) is 3.76. The zero-order valence-electron chi connectivity index (χ0n) is 13.4. The largest absolute Gasteiger partial charge is 0.487 e. The highest BCUT2D eigenvalue weighted by Gasteiger charge is 2.34. The summed E-state index contributed by atoms with van der Waals surface area (Å²) in [6, 6.07) is 9.30. The zero-order chi connectivity index (χ0) is 15.9. The number of hydrogen-bond donors (Lipinski definition) is 2. The molecule has 6 heteroatoms. The van der Waals surface area contributed by atoms with Crippen LogP contribution in [0, 0.1) is 6.92 Å². The highest BCUT2D eigenvalue weighted by molar-refractivity contribution is 7.13. The standard InChI is InChI=1S/C17H20N2O2S.ClH/c1-10-4-7-15(22-10)16(20)19-13-9-17(2,3)21-14-6-5-11(18)8-12(13)14;/h4-8,13H,9,18H2,1-3H3,(H,19,20);1H. The van der Waals surface area contributed by atoms with E-state index < -0.39 is 0 Å². The molecular formula is C17H21ClN2O2S. The molecule has 2 heterocycles. The summed E-state index contributed by atoms with van der Waals surface area (Å²) in [4.78, 5) is 14.3. The smallest absolute Gasteiger partial charge is 0.261 e. The molecule has 1 aromatic carbocycles. The number of carbonyl (C=O) groups excluding carboxylic acids is 1. The number of nitrogens with two attached hydrogens (primary N) is 1. The number of carbonyl (C=O) groups is 1. The Labute approximate surface area is 146 Å². The van der Waals surface area contributed by atoms with Gasteiger partial charge in [0.2, 0.25) is 0 Å². The lowest BCUT2D eigenvalue weighted by atomic mass is 9.89. The van der Waals surface area contributed by atoms with E-state index in [1.807, 2.05) is 51.1 Å². The SMILES string of the molecule is Cc1ccc(C(=O)NC2CC(C)(C)Oc3ccc(N)cc32)s1.Cl. The molecule has 1 aromatic heterocycles. The average molecular weight is 353 g/mol. The van der Waals surface area contributed by atoms with Gasteiger partial charge in [-0.15, -0.1) is 23.7 Å². The van der Waals surface area contributed by atoms with Crippen molar-refractivity contribution in [2.45, 2.75) is 38.8 Å². The number of rotatable bonds is 2. The predicted molar refractivity (Wildman–Crippen MR) is 96.7 cm³/mol. The first-order valence-corrected chi connectivity index (χ1v) is 8.11. The van der Waals surface area contributed by atoms with Crippen molar-refractivity contribution in [3.63, 3.8) is 0 Å². The normalized spacial score (nSPS) is 18.3. The van der Waals surface area contributed by atoms with Gasteiger partial charge in [-0.25, -0.2) is 0 Å². The lowest BCUT2D eigenvalue weighted by Gasteiger charge is -2.38. The molecule has 0 spiro atoms. The van der Waals surface area contributed by atoms with Gasteiger partial charge in [0.1, 0.15) is 11.4 Å². The summed E-state index contributed by atoms with van der Waals surface area (Å²) in [5.74, 6) is 0.743. The molecule has 3 N–H and O–H groups in total. The Morgan fingerprint density at radius 3 is 2.74 bits per heavy atom. The van der Waals surface area contributed by atoms with Crippen LogP contribution in [0.4, 0.5) is 5.69 Å². The van der Waals surface area contributed by atoms with Crippen LogP contribution in [0.15, 0.2) is 30.3 Å². The van der Waals surface area contributed by atoms with Crippen LogP contribution in [0.1, 0.15) is 46.4 Å². The van der Waals surface area contributed by atoms with Gasteiger partial charge in [-0.05, 0) is 51.1 Å². The number of halogens is 1. The van der Waals surface area contributed by atoms with E-state index in [-0.39, 0.29) is 30.0 Å². The van der Waals surface area contributed by atoms with Crippen LogP contribution >= 0.6 is 23.7 Å². The highest BCUT2D eigenvalue weighted by Crippen LogP contribution is 2.40. The van der Waals surface area contributed by atoms with Crippen LogP contribution in [0.3, 0.4) is 0 Å². The van der Waals surface area contributed by atoms with Crippen molar-refractivity contribution in [3.8, 4) is 5.75 Å². The number of hydrogen-bond acceptors (Lipinski definition) is 4. The number of benzene rings is 1. The summed E-state index contributed by atoms with van der Waals surface area (Å²) in [7, 11) is 0. The van der Waals surface area contributed by atoms with Crippen LogP contribution in [0.25, 0.3) is 0 Å². The van der Waals surface area contributed by atoms with Gasteiger partial charge in [-0.2, -0.15) is 0 Å². The Hall–Kier alpha value is -1.72. The van der Waals surface area contributed by atoms with Crippen LogP contribution in [0.5, 0.6) is 5.75 Å². The van der Waals surface area contributed by atoms with E-state index in [0.717, 1.165) is 21.1 Å². The summed E-state index contributed by atoms with van der Waals surface area (Å²) in [6.07, 6.45) is 0.708. The minimum absolute atomic E-state index is 0. The number of anilines is 1. The van der Waals surface area contributed by atoms with Gasteiger partial charge < -0.3 is 15.8 Å². The fourth-order valence-electron chi connectivity index (χ4n) is 2.79. The maximum absolute atomic E-state index is 12.5. The summed E-state index contributed by atoms with van der Waals surface area (Å²) >= 11 is 1.50. The zero-order valence-corrected chi connectivity index (χ0v) is 15.0. The van der Waals surface area contributed by atoms with Gasteiger partial charge in [0.15, 0.2) is 0 Å². The van der Waals surface area contributed by atoms with E-state index in [9.17, 15) is 4.79 Å². The van der Waals surface area contributed by atoms with Crippen molar-refractivity contribution in [2.24, 2.45) is 0 Å². The summed E-state index contributed by atoms with van der Waals surface area (Å²) in [5.41, 5.74) is 7.18. The Bertz CT molecular complexity index is 727. The maximum Gasteiger partial charge on any atom is 0.261 e. The second-order valence-electron chi connectivity index (χ2n) is 6.30. The van der Waals surface area contributed by atoms with Gasteiger partial charge in [0.05, 0.1) is 10.9 Å². The first kappa shape index (κ1) is 17.6. The third kappa shape index (κ3) is 3.79. The molecular weight excluding hydrogens is 332 g/mol. The molecule has 1 aliphatic rings. The highest BCUT2D eigenvalue weighted by atomic mass is 35.5. The molecule has 1 atom stereocenters. The molecule has 2 aromatic rings. The third-order valence-corrected chi connectivity index (χ3v) is 4.76. The number of nitrogens with one attached hydrogen (secondary N) is 1. The Balaban J connectivity index is 0.00000192. The minimum atomic E-state index is -0.327. The fourth-order valence-corrected chi connectivity index (χ4v) is 3.56. The maximum atomic E-state index is 12.5. The van der Waals surface area contributed by atoms with Crippen molar-refractivity contribution < 1.29 is 9.53 Å². The topological polar surface area (TPSA) is 64.3 Å². The molecule has 23 heavy (non-hydrogen) atoms. The first-order chi connectivity index (χ1) is 10.3. The van der Waals surface area contributed by atoms with E-state index in [1.54, 1.807) is 0 Å². The molecule has 0 aliphatic carbocycles. The Morgan fingerprint density at radius 2 is 2.09 bits per heavy atom. The predicted octanol–water partition coefficient (Wildman–Crippen LogP) is 4.09. The molecule has 0 saturated carbocycles. The Kier molecular flexibility index (Phi) is 4.92. The lowest BCUT2D eigenvalue weighted by molar-refractivity contribution is 0.0621. The van der Waals surface area contributed by atoms with Crippen molar-refractivity contribution in [3.05, 3.63) is 45.6 Å². The van der Waals surface area contributed by atoms with Gasteiger partial charge in [0, 0.05) is 22.5 Å². The average Bonchev–Trinajstić information content (AvgIpc) is 2.85. The summed E-state index contributed by atoms with van der Waals surface area (Å²) < 4.78 is 5.99. The van der Waals surface area contributed by atoms with E-state index in [4.69, 9.17) is 10.5 Å². The fraction of sp³-hybridized carbons (Fsp3) is 0.353. The molecule has 0 saturated heterocycles. The summed E-state index contributed by atoms with van der Waals surface area (Å²) in [6.45, 7) is 6.05. The van der Waals surface area contributed by atoms with Gasteiger partial charge in [-0.1, -0.05) is 0 Å². The number of aryl methyl sites for hydroxylation is 1. The molecule has 3 rings (SSSR count). The van der Waals surface area contributed by atoms with Gasteiger partial charge in [-0.3, -0.25) is 4.79 Å². The quantitative estimate of drug-likeness (QED) is 0.800. The van der Waals surface area contributed by atoms with Crippen LogP contribution < -0.4 is 15.8 Å². The van der Waals surface area contributed by atoms with E-state index >= 15 is 0 Å². The van der Waals surface area contributed by atoms with Crippen LogP contribution in [0.2, 0.25) is 0 Å². The number of nitrogen functional groups attached to an aromatic ring is 1. The molecule has 0 radical (unpaired) electrons. The molecule has 1 aliphatic heterocycles. The lowest BCUT2D eigenvalue weighted by Crippen LogP contribution is -2.41. The second-order valence-corrected chi connectivity index (χ2v) is 7.59. The molecule has 0 fully saturated rings.